The van der Waals surface area contributed by atoms with Crippen molar-refractivity contribution < 1.29 is 23.1 Å². The van der Waals surface area contributed by atoms with Gasteiger partial charge in [-0.2, -0.15) is 0 Å². The Morgan fingerprint density at radius 1 is 1.30 bits per heavy atom. The summed E-state index contributed by atoms with van der Waals surface area (Å²) in [4.78, 5) is 23.2. The Bertz CT molecular complexity index is 576. The van der Waals surface area contributed by atoms with Gasteiger partial charge < -0.3 is 15.4 Å². The number of ether oxygens (including phenoxy) is 1. The van der Waals surface area contributed by atoms with E-state index in [-0.39, 0.29) is 10.2 Å². The number of amides is 2. The largest absolute Gasteiger partial charge is 0.467 e. The molecule has 1 fully saturated rings. The first-order valence-corrected chi connectivity index (χ1v) is 6.49. The van der Waals surface area contributed by atoms with Gasteiger partial charge in [0.05, 0.1) is 17.3 Å². The van der Waals surface area contributed by atoms with E-state index in [1.54, 1.807) is 0 Å². The van der Waals surface area contributed by atoms with Crippen LogP contribution in [0.3, 0.4) is 0 Å². The molecule has 1 saturated carbocycles. The molecule has 1 aliphatic carbocycles. The maximum absolute atomic E-state index is 13.5. The molecule has 0 bridgehead atoms. The summed E-state index contributed by atoms with van der Waals surface area (Å²) in [6.45, 7) is 0. The maximum Gasteiger partial charge on any atom is 0.331 e. The normalized spacial score (nSPS) is 15.4. The predicted octanol–water partition coefficient (Wildman–Crippen LogP) is 2.55. The Morgan fingerprint density at radius 2 is 1.95 bits per heavy atom. The summed E-state index contributed by atoms with van der Waals surface area (Å²) < 4.78 is 31.3. The molecule has 0 saturated heterocycles. The molecule has 0 aromatic heterocycles. The van der Waals surface area contributed by atoms with Crippen molar-refractivity contribution in [3.8, 4) is 0 Å². The quantitative estimate of drug-likeness (QED) is 0.651. The second kappa shape index (κ2) is 5.35. The van der Waals surface area contributed by atoms with Crippen molar-refractivity contribution in [2.45, 2.75) is 18.4 Å². The third-order valence-electron chi connectivity index (χ3n) is 2.94. The highest BCUT2D eigenvalue weighted by Crippen LogP contribution is 2.36. The fraction of sp³-hybridized carbons (Fsp3) is 0.333. The summed E-state index contributed by atoms with van der Waals surface area (Å²) in [6.07, 6.45) is 0.897. The number of methoxy groups -OCH3 is 1. The van der Waals surface area contributed by atoms with E-state index < -0.39 is 29.2 Å². The fourth-order valence-corrected chi connectivity index (χ4v) is 2.01. The Labute approximate surface area is 121 Å². The summed E-state index contributed by atoms with van der Waals surface area (Å²) in [5.41, 5.74) is -1.37. The third kappa shape index (κ3) is 2.90. The van der Waals surface area contributed by atoms with Crippen LogP contribution < -0.4 is 10.6 Å². The number of benzene rings is 1. The first-order chi connectivity index (χ1) is 9.38. The first-order valence-electron chi connectivity index (χ1n) is 5.70. The first kappa shape index (κ1) is 14.7. The maximum atomic E-state index is 13.5. The van der Waals surface area contributed by atoms with Gasteiger partial charge >= 0.3 is 12.0 Å². The van der Waals surface area contributed by atoms with Crippen LogP contribution in [0.1, 0.15) is 12.8 Å². The molecular weight excluding hydrogens is 338 g/mol. The van der Waals surface area contributed by atoms with E-state index in [9.17, 15) is 18.4 Å². The van der Waals surface area contributed by atoms with Gasteiger partial charge in [0.25, 0.3) is 0 Å². The lowest BCUT2D eigenvalue weighted by molar-refractivity contribution is -0.144. The Balaban J connectivity index is 2.06. The number of halogens is 3. The van der Waals surface area contributed by atoms with E-state index >= 15 is 0 Å². The zero-order valence-electron chi connectivity index (χ0n) is 10.4. The highest BCUT2D eigenvalue weighted by molar-refractivity contribution is 9.10. The molecule has 20 heavy (non-hydrogen) atoms. The molecule has 0 radical (unpaired) electrons. The van der Waals surface area contributed by atoms with Crippen molar-refractivity contribution in [3.63, 3.8) is 0 Å². The predicted molar refractivity (Wildman–Crippen MR) is 70.2 cm³/mol. The van der Waals surface area contributed by atoms with Crippen LogP contribution in [-0.4, -0.2) is 24.6 Å². The van der Waals surface area contributed by atoms with Crippen molar-refractivity contribution >= 4 is 33.6 Å². The van der Waals surface area contributed by atoms with E-state index in [1.807, 2.05) is 0 Å². The molecule has 1 aromatic carbocycles. The Kier molecular flexibility index (Phi) is 3.94. The molecule has 108 valence electrons. The minimum Gasteiger partial charge on any atom is -0.467 e. The summed E-state index contributed by atoms with van der Waals surface area (Å²) in [7, 11) is 1.21. The van der Waals surface area contributed by atoms with Crippen molar-refractivity contribution in [2.24, 2.45) is 0 Å². The zero-order valence-corrected chi connectivity index (χ0v) is 12.0. The monoisotopic (exact) mass is 348 g/mol. The van der Waals surface area contributed by atoms with E-state index in [1.165, 1.54) is 7.11 Å². The van der Waals surface area contributed by atoms with Crippen LogP contribution in [0.2, 0.25) is 0 Å². The molecule has 0 aliphatic heterocycles. The smallest absolute Gasteiger partial charge is 0.331 e. The van der Waals surface area contributed by atoms with Crippen LogP contribution in [0.15, 0.2) is 16.6 Å². The van der Waals surface area contributed by atoms with Crippen LogP contribution in [-0.2, 0) is 9.53 Å². The molecular formula is C12H11BrF2N2O3. The van der Waals surface area contributed by atoms with Crippen LogP contribution in [0, 0.1) is 11.6 Å². The third-order valence-corrected chi connectivity index (χ3v) is 3.54. The molecule has 1 aromatic rings. The molecule has 5 nitrogen and oxygen atoms in total. The van der Waals surface area contributed by atoms with E-state index in [4.69, 9.17) is 0 Å². The van der Waals surface area contributed by atoms with Gasteiger partial charge in [0.15, 0.2) is 0 Å². The molecule has 2 rings (SSSR count). The second-order valence-corrected chi connectivity index (χ2v) is 5.25. The van der Waals surface area contributed by atoms with Crippen molar-refractivity contribution in [1.29, 1.82) is 0 Å². The van der Waals surface area contributed by atoms with Gasteiger partial charge in [0.2, 0.25) is 0 Å². The number of hydrogen-bond acceptors (Lipinski definition) is 3. The van der Waals surface area contributed by atoms with E-state index in [2.05, 4.69) is 31.3 Å². The Hall–Kier alpha value is -1.70. The fourth-order valence-electron chi connectivity index (χ4n) is 1.69. The average Bonchev–Trinajstić information content (AvgIpc) is 3.15. The van der Waals surface area contributed by atoms with Gasteiger partial charge in [-0.05, 0) is 34.8 Å². The lowest BCUT2D eigenvalue weighted by atomic mass is 10.2. The number of urea groups is 1. The molecule has 0 unspecified atom stereocenters. The van der Waals surface area contributed by atoms with Gasteiger partial charge in [-0.25, -0.2) is 18.4 Å². The van der Waals surface area contributed by atoms with Crippen molar-refractivity contribution in [3.05, 3.63) is 28.2 Å². The highest BCUT2D eigenvalue weighted by Gasteiger charge is 2.52. The second-order valence-electron chi connectivity index (χ2n) is 4.40. The lowest BCUT2D eigenvalue weighted by Gasteiger charge is -2.15. The highest BCUT2D eigenvalue weighted by atomic mass is 79.9. The number of anilines is 1. The summed E-state index contributed by atoms with van der Waals surface area (Å²) in [5, 5.41) is 4.56. The summed E-state index contributed by atoms with van der Waals surface area (Å²) in [6, 6.07) is 0.947. The van der Waals surface area contributed by atoms with Crippen LogP contribution in [0.25, 0.3) is 0 Å². The van der Waals surface area contributed by atoms with Crippen molar-refractivity contribution in [2.75, 3.05) is 12.4 Å². The topological polar surface area (TPSA) is 67.4 Å². The number of esters is 1. The molecule has 8 heteroatoms. The number of carbonyl (C=O) groups excluding carboxylic acids is 2. The van der Waals surface area contributed by atoms with Gasteiger partial charge in [-0.15, -0.1) is 0 Å². The van der Waals surface area contributed by atoms with Gasteiger partial charge in [0.1, 0.15) is 17.2 Å². The molecule has 1 aliphatic rings. The zero-order chi connectivity index (χ0) is 14.9. The number of nitrogens with one attached hydrogen (secondary N) is 2. The van der Waals surface area contributed by atoms with Crippen LogP contribution >= 0.6 is 15.9 Å². The van der Waals surface area contributed by atoms with Gasteiger partial charge in [-0.3, -0.25) is 0 Å². The number of rotatable bonds is 3. The minimum absolute atomic E-state index is 0.0471. The van der Waals surface area contributed by atoms with Crippen LogP contribution in [0.4, 0.5) is 19.3 Å². The lowest BCUT2D eigenvalue weighted by Crippen LogP contribution is -2.45. The Morgan fingerprint density at radius 3 is 2.50 bits per heavy atom. The van der Waals surface area contributed by atoms with E-state index in [0.29, 0.717) is 12.8 Å². The van der Waals surface area contributed by atoms with Gasteiger partial charge in [0, 0.05) is 6.07 Å². The van der Waals surface area contributed by atoms with Crippen molar-refractivity contribution in [1.82, 2.24) is 5.32 Å². The van der Waals surface area contributed by atoms with Crippen LogP contribution in [0.5, 0.6) is 0 Å². The number of carbonyl (C=O) groups is 2. The standard InChI is InChI=1S/C12H11BrF2N2O3/c1-20-10(18)12(2-3-12)17-11(19)16-9-5-7(14)6(13)4-8(9)15/h4-5H,2-3H2,1H3,(H2,16,17,19). The minimum atomic E-state index is -1.05. The summed E-state index contributed by atoms with van der Waals surface area (Å²) in [5.74, 6) is -2.07. The van der Waals surface area contributed by atoms with E-state index in [0.717, 1.165) is 12.1 Å². The SMILES string of the molecule is COC(=O)C1(NC(=O)Nc2cc(F)c(Br)cc2F)CC1. The molecule has 2 N–H and O–H groups in total. The molecule has 2 amide bonds. The van der Waals surface area contributed by atoms with Gasteiger partial charge in [-0.1, -0.05) is 0 Å². The molecule has 0 heterocycles. The average molecular weight is 349 g/mol. The number of hydrogen-bond donors (Lipinski definition) is 2. The summed E-state index contributed by atoms with van der Waals surface area (Å²) >= 11 is 2.83. The molecule has 0 atom stereocenters. The molecule has 0 spiro atoms.